The summed E-state index contributed by atoms with van der Waals surface area (Å²) in [5, 5.41) is 4.69. The largest absolute Gasteiger partial charge is 0.458 e. The summed E-state index contributed by atoms with van der Waals surface area (Å²) in [7, 11) is 0. The zero-order valence-corrected chi connectivity index (χ0v) is 25.7. The van der Waals surface area contributed by atoms with Gasteiger partial charge in [-0.25, -0.2) is 9.59 Å². The van der Waals surface area contributed by atoms with Crippen LogP contribution in [0.2, 0.25) is 0 Å². The molecule has 6 rings (SSSR count). The van der Waals surface area contributed by atoms with E-state index >= 15 is 0 Å². The Labute approximate surface area is 245 Å². The van der Waals surface area contributed by atoms with Crippen LogP contribution in [0, 0.1) is 0 Å². The van der Waals surface area contributed by atoms with Crippen LogP contribution < -0.4 is 10.5 Å². The van der Waals surface area contributed by atoms with Crippen LogP contribution in [-0.4, -0.2) is 85.7 Å². The Morgan fingerprint density at radius 1 is 1.02 bits per heavy atom. The van der Waals surface area contributed by atoms with Crippen molar-refractivity contribution in [2.75, 3.05) is 31.2 Å². The number of esters is 1. The van der Waals surface area contributed by atoms with Gasteiger partial charge in [-0.2, -0.15) is 9.50 Å². The van der Waals surface area contributed by atoms with Crippen LogP contribution in [0.5, 0.6) is 0 Å². The van der Waals surface area contributed by atoms with Crippen LogP contribution in [0.1, 0.15) is 97.6 Å². The Hall–Kier alpha value is -3.41. The van der Waals surface area contributed by atoms with Crippen molar-refractivity contribution < 1.29 is 23.8 Å². The third kappa shape index (κ3) is 4.97. The third-order valence-corrected chi connectivity index (χ3v) is 8.49. The van der Waals surface area contributed by atoms with Gasteiger partial charge in [0.2, 0.25) is 5.78 Å². The van der Waals surface area contributed by atoms with Crippen molar-refractivity contribution in [1.29, 1.82) is 0 Å². The number of piperazine rings is 1. The number of ether oxygens (including phenoxy) is 3. The highest BCUT2D eigenvalue weighted by Gasteiger charge is 2.49. The minimum absolute atomic E-state index is 0.0323. The molecule has 0 bridgehead atoms. The molecule has 0 aromatic carbocycles. The van der Waals surface area contributed by atoms with Crippen molar-refractivity contribution in [2.45, 2.75) is 109 Å². The standard InChI is InChI=1S/C30H42N6O6/c1-17-16-21(26(38)41-29(2,3)4)35-22(17)23(25(37)36-27(35)31-24(32-36)18-10-14-40-15-11-18)33-12-13-34(20-9-8-19(20)33)28(39)42-30(5,6)7/h10,17,19-21H,8-9,11-16H2,1-7H3/t17-,19-,20-,21+/m0/s1. The van der Waals surface area contributed by atoms with E-state index in [1.807, 2.05) is 64.0 Å². The molecule has 0 spiro atoms. The Kier molecular flexibility index (Phi) is 6.90. The number of amides is 1. The van der Waals surface area contributed by atoms with E-state index in [9.17, 15) is 14.4 Å². The average Bonchev–Trinajstić information content (AvgIpc) is 3.46. The van der Waals surface area contributed by atoms with E-state index in [-0.39, 0.29) is 35.6 Å². The van der Waals surface area contributed by atoms with Gasteiger partial charge >= 0.3 is 12.1 Å². The fraction of sp³-hybridized carbons (Fsp3) is 0.700. The molecule has 0 unspecified atom stereocenters. The number of fused-ring (bicyclic) bond motifs is 4. The van der Waals surface area contributed by atoms with Crippen LogP contribution in [0.3, 0.4) is 0 Å². The number of aromatic nitrogens is 4. The van der Waals surface area contributed by atoms with Gasteiger partial charge in [0.1, 0.15) is 22.9 Å². The number of rotatable bonds is 3. The van der Waals surface area contributed by atoms with Crippen molar-refractivity contribution in [3.8, 4) is 0 Å². The molecular weight excluding hydrogens is 540 g/mol. The molecule has 1 saturated carbocycles. The first-order valence-electron chi connectivity index (χ1n) is 15.0. The van der Waals surface area contributed by atoms with E-state index < -0.39 is 17.2 Å². The van der Waals surface area contributed by atoms with Crippen LogP contribution in [0.4, 0.5) is 10.5 Å². The fourth-order valence-electron chi connectivity index (χ4n) is 6.63. The molecule has 2 aromatic rings. The molecule has 4 aliphatic rings. The Bertz CT molecular complexity index is 1510. The highest BCUT2D eigenvalue weighted by molar-refractivity contribution is 5.78. The molecule has 12 heteroatoms. The molecule has 1 amide bonds. The lowest BCUT2D eigenvalue weighted by molar-refractivity contribution is -0.158. The maximum Gasteiger partial charge on any atom is 0.410 e. The molecule has 2 aromatic heterocycles. The van der Waals surface area contributed by atoms with Crippen molar-refractivity contribution in [2.24, 2.45) is 0 Å². The number of hydrogen-bond acceptors (Lipinski definition) is 9. The maximum absolute atomic E-state index is 14.4. The van der Waals surface area contributed by atoms with Crippen LogP contribution in [0.15, 0.2) is 10.9 Å². The lowest BCUT2D eigenvalue weighted by Gasteiger charge is -2.54. The van der Waals surface area contributed by atoms with Gasteiger partial charge in [-0.15, -0.1) is 5.10 Å². The SMILES string of the molecule is C[C@H]1C[C@H](C(=O)OC(C)(C)C)n2c1c(N1CCN(C(=O)OC(C)(C)C)[C@H]3CC[C@@H]31)c(=O)n1nc(C3=CCOCC3)nc21. The molecule has 5 heterocycles. The summed E-state index contributed by atoms with van der Waals surface area (Å²) in [5.41, 5.74) is 0.733. The first kappa shape index (κ1) is 28.7. The highest BCUT2D eigenvalue weighted by atomic mass is 16.6. The first-order valence-corrected chi connectivity index (χ1v) is 15.0. The summed E-state index contributed by atoms with van der Waals surface area (Å²) < 4.78 is 20.3. The van der Waals surface area contributed by atoms with E-state index in [0.717, 1.165) is 24.1 Å². The molecule has 12 nitrogen and oxygen atoms in total. The van der Waals surface area contributed by atoms with Crippen molar-refractivity contribution in [1.82, 2.24) is 24.1 Å². The minimum atomic E-state index is -0.663. The smallest absolute Gasteiger partial charge is 0.410 e. The Morgan fingerprint density at radius 2 is 1.74 bits per heavy atom. The van der Waals surface area contributed by atoms with Gasteiger partial charge < -0.3 is 24.0 Å². The lowest BCUT2D eigenvalue weighted by Crippen LogP contribution is -2.67. The van der Waals surface area contributed by atoms with Crippen LogP contribution in [-0.2, 0) is 19.0 Å². The molecule has 42 heavy (non-hydrogen) atoms. The number of anilines is 1. The van der Waals surface area contributed by atoms with Gasteiger partial charge in [0, 0.05) is 25.0 Å². The van der Waals surface area contributed by atoms with E-state index in [4.69, 9.17) is 24.3 Å². The van der Waals surface area contributed by atoms with Crippen LogP contribution >= 0.6 is 0 Å². The number of carbonyl (C=O) groups is 2. The first-order chi connectivity index (χ1) is 19.7. The maximum atomic E-state index is 14.4. The summed E-state index contributed by atoms with van der Waals surface area (Å²) in [6, 6.07) is -0.728. The number of nitrogens with zero attached hydrogens (tertiary/aromatic N) is 6. The average molecular weight is 583 g/mol. The molecule has 1 aliphatic carbocycles. The molecule has 0 radical (unpaired) electrons. The van der Waals surface area contributed by atoms with Crippen molar-refractivity contribution in [3.63, 3.8) is 0 Å². The summed E-state index contributed by atoms with van der Waals surface area (Å²) in [6.07, 6.45) is 4.45. The highest BCUT2D eigenvalue weighted by Crippen LogP contribution is 2.45. The number of carbonyl (C=O) groups excluding carboxylic acids is 2. The molecule has 1 saturated heterocycles. The van der Waals surface area contributed by atoms with Gasteiger partial charge in [0.05, 0.1) is 24.9 Å². The second-order valence-electron chi connectivity index (χ2n) is 13.9. The van der Waals surface area contributed by atoms with E-state index in [2.05, 4.69) is 4.90 Å². The molecular formula is C30H42N6O6. The summed E-state index contributed by atoms with van der Waals surface area (Å²) in [4.78, 5) is 49.8. The van der Waals surface area contributed by atoms with Gasteiger partial charge in [-0.1, -0.05) is 13.0 Å². The normalized spacial score (nSPS) is 25.9. The van der Waals surface area contributed by atoms with E-state index in [1.165, 1.54) is 4.52 Å². The number of hydrogen-bond donors (Lipinski definition) is 0. The summed E-state index contributed by atoms with van der Waals surface area (Å²) in [6.45, 7) is 15.1. The molecule has 228 valence electrons. The topological polar surface area (TPSA) is 121 Å². The second kappa shape index (κ2) is 10.1. The zero-order valence-electron chi connectivity index (χ0n) is 25.7. The third-order valence-electron chi connectivity index (χ3n) is 8.49. The molecule has 2 fully saturated rings. The lowest BCUT2D eigenvalue weighted by atomic mass is 9.81. The van der Waals surface area contributed by atoms with Gasteiger partial charge in [0.15, 0.2) is 5.82 Å². The van der Waals surface area contributed by atoms with Gasteiger partial charge in [0.25, 0.3) is 5.56 Å². The van der Waals surface area contributed by atoms with E-state index in [0.29, 0.717) is 56.4 Å². The molecule has 3 aliphatic heterocycles. The molecule has 4 atom stereocenters. The van der Waals surface area contributed by atoms with Gasteiger partial charge in [-0.05, 0) is 72.8 Å². The van der Waals surface area contributed by atoms with Crippen LogP contribution in [0.25, 0.3) is 11.4 Å². The fourth-order valence-corrected chi connectivity index (χ4v) is 6.63. The Morgan fingerprint density at radius 3 is 2.36 bits per heavy atom. The van der Waals surface area contributed by atoms with E-state index in [1.54, 1.807) is 0 Å². The van der Waals surface area contributed by atoms with Crippen molar-refractivity contribution >= 4 is 29.1 Å². The summed E-state index contributed by atoms with van der Waals surface area (Å²) >= 11 is 0. The quantitative estimate of drug-likeness (QED) is 0.499. The van der Waals surface area contributed by atoms with Crippen molar-refractivity contribution in [3.05, 3.63) is 27.9 Å². The Balaban J connectivity index is 1.46. The zero-order chi connectivity index (χ0) is 30.1. The second-order valence-corrected chi connectivity index (χ2v) is 13.9. The minimum Gasteiger partial charge on any atom is -0.458 e. The van der Waals surface area contributed by atoms with Gasteiger partial charge in [-0.3, -0.25) is 9.36 Å². The predicted octanol–water partition coefficient (Wildman–Crippen LogP) is 3.67. The monoisotopic (exact) mass is 582 g/mol. The summed E-state index contributed by atoms with van der Waals surface area (Å²) in [5.74, 6) is 0.371. The predicted molar refractivity (Wildman–Crippen MR) is 156 cm³/mol. The molecule has 0 N–H and O–H groups in total.